The van der Waals surface area contributed by atoms with Crippen LogP contribution in [-0.4, -0.2) is 0 Å². The van der Waals surface area contributed by atoms with E-state index in [0.717, 1.165) is 0 Å². The topological polar surface area (TPSA) is 0 Å². The maximum absolute atomic E-state index is 2.49. The Morgan fingerprint density at radius 3 is 1.72 bits per heavy atom. The first-order valence-corrected chi connectivity index (χ1v) is 20.3. The van der Waals surface area contributed by atoms with E-state index in [2.05, 4.69) is 202 Å². The summed E-state index contributed by atoms with van der Waals surface area (Å²) in [5, 5.41) is 12.2. The molecule has 0 saturated heterocycles. The predicted molar refractivity (Wildman–Crippen MR) is 234 cm³/mol. The van der Waals surface area contributed by atoms with Crippen molar-refractivity contribution >= 4 is 50.1 Å². The highest BCUT2D eigenvalue weighted by atomic mass is 31.1. The van der Waals surface area contributed by atoms with Gasteiger partial charge in [0.1, 0.15) is 0 Å². The van der Waals surface area contributed by atoms with Crippen molar-refractivity contribution in [1.29, 1.82) is 0 Å². The number of fused-ring (bicyclic) bond motifs is 8. The van der Waals surface area contributed by atoms with Crippen LogP contribution in [0.15, 0.2) is 188 Å². The van der Waals surface area contributed by atoms with E-state index in [1.54, 1.807) is 0 Å². The molecule has 254 valence electrons. The van der Waals surface area contributed by atoms with Gasteiger partial charge < -0.3 is 0 Å². The minimum absolute atomic E-state index is 0.0808. The maximum atomic E-state index is 2.49. The van der Waals surface area contributed by atoms with Crippen LogP contribution in [0.4, 0.5) is 0 Å². The van der Waals surface area contributed by atoms with Gasteiger partial charge in [-0.2, -0.15) is 0 Å². The lowest BCUT2D eigenvalue weighted by Gasteiger charge is -2.23. The summed E-state index contributed by atoms with van der Waals surface area (Å²) in [5.41, 5.74) is 13.1. The Hall–Kier alpha value is -6.20. The van der Waals surface area contributed by atoms with Gasteiger partial charge >= 0.3 is 0 Å². The largest absolute Gasteiger partial charge is 0.0772 e. The minimum atomic E-state index is -0.620. The van der Waals surface area contributed by atoms with Crippen LogP contribution in [0.3, 0.4) is 0 Å². The summed E-state index contributed by atoms with van der Waals surface area (Å²) in [4.78, 5) is 0. The standard InChI is InChI=1S/C53H37P/c1-53(2)46-25-13-11-23-42(46)52-43(24-15-26-47(52)53)51-40-22-10-9-21-39(40)50(41-30-28-35(32-45(41)51)34-16-5-3-6-17-34)36-29-31-49-44(33-36)38-20-12-14-27-48(38)54(49)37-18-7-4-8-19-37/h3-33H,1-2H3. The third kappa shape index (κ3) is 4.51. The molecule has 0 aliphatic heterocycles. The summed E-state index contributed by atoms with van der Waals surface area (Å²) in [7, 11) is -0.620. The first kappa shape index (κ1) is 31.3. The molecule has 9 aromatic carbocycles. The molecule has 0 fully saturated rings. The Kier molecular flexibility index (Phi) is 6.91. The van der Waals surface area contributed by atoms with E-state index in [4.69, 9.17) is 0 Å². The van der Waals surface area contributed by atoms with Gasteiger partial charge in [0, 0.05) is 15.7 Å². The Morgan fingerprint density at radius 1 is 0.333 bits per heavy atom. The molecule has 54 heavy (non-hydrogen) atoms. The molecule has 0 nitrogen and oxygen atoms in total. The van der Waals surface area contributed by atoms with Gasteiger partial charge in [0.25, 0.3) is 0 Å². The van der Waals surface area contributed by atoms with Crippen molar-refractivity contribution in [3.63, 3.8) is 0 Å². The third-order valence-electron chi connectivity index (χ3n) is 12.0. The number of hydrogen-bond donors (Lipinski definition) is 0. The van der Waals surface area contributed by atoms with Gasteiger partial charge in [-0.15, -0.1) is 0 Å². The van der Waals surface area contributed by atoms with Crippen LogP contribution >= 0.6 is 7.53 Å². The van der Waals surface area contributed by atoms with Crippen molar-refractivity contribution < 1.29 is 0 Å². The average molecular weight is 705 g/mol. The SMILES string of the molecule is CC1(C)c2ccccc2-c2c(-c3c4ccccc4c(-c4ccc5c(c4)c4ccccc4p5-c4ccccc4)c4ccc(-c5ccccc5)cc34)cccc21. The number of hydrogen-bond acceptors (Lipinski definition) is 0. The predicted octanol–water partition coefficient (Wildman–Crippen LogP) is 15.6. The molecule has 1 heterocycles. The third-order valence-corrected chi connectivity index (χ3v) is 14.5. The van der Waals surface area contributed by atoms with E-state index in [1.807, 2.05) is 0 Å². The summed E-state index contributed by atoms with van der Waals surface area (Å²) in [6.07, 6.45) is 0. The Labute approximate surface area is 317 Å². The molecule has 11 rings (SSSR count). The summed E-state index contributed by atoms with van der Waals surface area (Å²) in [5.74, 6) is 0. The molecule has 0 bridgehead atoms. The Bertz CT molecular complexity index is 3110. The second kappa shape index (κ2) is 11.9. The summed E-state index contributed by atoms with van der Waals surface area (Å²) < 4.78 is 0. The molecule has 0 N–H and O–H groups in total. The highest BCUT2D eigenvalue weighted by Crippen LogP contribution is 2.57. The zero-order valence-electron chi connectivity index (χ0n) is 30.3. The lowest BCUT2D eigenvalue weighted by Crippen LogP contribution is -2.14. The smallest absolute Gasteiger partial charge is 0.0159 e. The van der Waals surface area contributed by atoms with E-state index in [9.17, 15) is 0 Å². The quantitative estimate of drug-likeness (QED) is 0.160. The fraction of sp³-hybridized carbons (Fsp3) is 0.0566. The second-order valence-electron chi connectivity index (χ2n) is 15.2. The van der Waals surface area contributed by atoms with Crippen molar-refractivity contribution in [2.24, 2.45) is 0 Å². The molecule has 1 atom stereocenters. The molecular weight excluding hydrogens is 668 g/mol. The lowest BCUT2D eigenvalue weighted by atomic mass is 9.80. The van der Waals surface area contributed by atoms with Crippen molar-refractivity contribution in [2.45, 2.75) is 19.3 Å². The van der Waals surface area contributed by atoms with E-state index in [0.29, 0.717) is 0 Å². The first-order valence-electron chi connectivity index (χ1n) is 18.9. The van der Waals surface area contributed by atoms with Gasteiger partial charge in [-0.1, -0.05) is 191 Å². The summed E-state index contributed by atoms with van der Waals surface area (Å²) >= 11 is 0. The number of rotatable bonds is 4. The molecule has 1 heteroatoms. The molecule has 0 amide bonds. The van der Waals surface area contributed by atoms with Crippen LogP contribution in [0.2, 0.25) is 0 Å². The van der Waals surface area contributed by atoms with Gasteiger partial charge in [0.2, 0.25) is 0 Å². The van der Waals surface area contributed by atoms with Crippen molar-refractivity contribution in [3.8, 4) is 49.8 Å². The molecule has 0 spiro atoms. The fourth-order valence-corrected chi connectivity index (χ4v) is 12.1. The van der Waals surface area contributed by atoms with Crippen LogP contribution in [0.25, 0.3) is 92.4 Å². The van der Waals surface area contributed by atoms with Crippen LogP contribution in [-0.2, 0) is 5.41 Å². The van der Waals surface area contributed by atoms with E-state index < -0.39 is 7.53 Å². The average Bonchev–Trinajstić information content (AvgIpc) is 3.68. The van der Waals surface area contributed by atoms with Gasteiger partial charge in [0.15, 0.2) is 0 Å². The molecule has 0 radical (unpaired) electrons. The van der Waals surface area contributed by atoms with Gasteiger partial charge in [0.05, 0.1) is 0 Å². The molecule has 1 aromatic heterocycles. The highest BCUT2D eigenvalue weighted by Gasteiger charge is 2.37. The number of benzene rings is 9. The van der Waals surface area contributed by atoms with Crippen molar-refractivity contribution in [1.82, 2.24) is 0 Å². The van der Waals surface area contributed by atoms with E-state index in [-0.39, 0.29) is 5.41 Å². The molecule has 10 aromatic rings. The molecule has 1 unspecified atom stereocenters. The highest BCUT2D eigenvalue weighted by molar-refractivity contribution is 7.67. The summed E-state index contributed by atoms with van der Waals surface area (Å²) in [6, 6.07) is 70.6. The first-order chi connectivity index (χ1) is 26.6. The Balaban J connectivity index is 1.26. The molecule has 1 aliphatic rings. The summed E-state index contributed by atoms with van der Waals surface area (Å²) in [6.45, 7) is 4.76. The van der Waals surface area contributed by atoms with Crippen molar-refractivity contribution in [2.75, 3.05) is 0 Å². The van der Waals surface area contributed by atoms with Crippen LogP contribution in [0, 0.1) is 0 Å². The van der Waals surface area contributed by atoms with Gasteiger partial charge in [-0.05, 0) is 111 Å². The Morgan fingerprint density at radius 2 is 0.907 bits per heavy atom. The van der Waals surface area contributed by atoms with Crippen molar-refractivity contribution in [3.05, 3.63) is 199 Å². The maximum Gasteiger partial charge on any atom is 0.0159 e. The van der Waals surface area contributed by atoms with Crippen LogP contribution < -0.4 is 0 Å². The van der Waals surface area contributed by atoms with E-state index >= 15 is 0 Å². The molecule has 1 aliphatic carbocycles. The van der Waals surface area contributed by atoms with Gasteiger partial charge in [-0.25, -0.2) is 0 Å². The zero-order valence-corrected chi connectivity index (χ0v) is 31.2. The molecular formula is C53H37P. The van der Waals surface area contributed by atoms with Crippen LogP contribution in [0.5, 0.6) is 0 Å². The second-order valence-corrected chi connectivity index (χ2v) is 17.4. The minimum Gasteiger partial charge on any atom is -0.0772 e. The monoisotopic (exact) mass is 704 g/mol. The van der Waals surface area contributed by atoms with Gasteiger partial charge in [-0.3, -0.25) is 0 Å². The normalized spacial score (nSPS) is 13.5. The molecule has 0 saturated carbocycles. The van der Waals surface area contributed by atoms with E-state index in [1.165, 1.54) is 103 Å². The van der Waals surface area contributed by atoms with Crippen LogP contribution in [0.1, 0.15) is 25.0 Å². The zero-order chi connectivity index (χ0) is 36.0. The lowest BCUT2D eigenvalue weighted by molar-refractivity contribution is 0.660. The fourth-order valence-electron chi connectivity index (χ4n) is 9.54.